The molecular weight excluding hydrogens is 218 g/mol. The molecule has 1 aliphatic rings. The van der Waals surface area contributed by atoms with Crippen LogP contribution >= 0.6 is 0 Å². The number of ether oxygens (including phenoxy) is 1. The van der Waals surface area contributed by atoms with Gasteiger partial charge in [-0.2, -0.15) is 0 Å². The standard InChI is InChI=1S/C12H19N3O2/c1-5-17-12(16)11-7(2)6-10(8(3)13)15(14)9(11)4/h6H,5,13-14H2,1-4H3/b10-8-. The average molecular weight is 237 g/mol. The fourth-order valence-corrected chi connectivity index (χ4v) is 1.75. The zero-order chi connectivity index (χ0) is 13.2. The van der Waals surface area contributed by atoms with Crippen LogP contribution in [0.3, 0.4) is 0 Å². The van der Waals surface area contributed by atoms with Crippen LogP contribution in [-0.4, -0.2) is 17.6 Å². The summed E-state index contributed by atoms with van der Waals surface area (Å²) in [6.45, 7) is 7.48. The molecule has 0 aliphatic carbocycles. The van der Waals surface area contributed by atoms with Gasteiger partial charge in [0.2, 0.25) is 0 Å². The second kappa shape index (κ2) is 5.05. The Morgan fingerprint density at radius 3 is 2.53 bits per heavy atom. The number of rotatable bonds is 2. The summed E-state index contributed by atoms with van der Waals surface area (Å²) in [6.07, 6.45) is 1.79. The van der Waals surface area contributed by atoms with E-state index in [9.17, 15) is 4.79 Å². The van der Waals surface area contributed by atoms with Crippen LogP contribution in [0, 0.1) is 0 Å². The van der Waals surface area contributed by atoms with Crippen LogP contribution in [0.4, 0.5) is 0 Å². The molecule has 0 amide bonds. The minimum Gasteiger partial charge on any atom is -0.462 e. The number of nitrogens with two attached hydrogens (primary N) is 2. The molecule has 17 heavy (non-hydrogen) atoms. The predicted molar refractivity (Wildman–Crippen MR) is 66.0 cm³/mol. The third kappa shape index (κ3) is 2.50. The Hall–Kier alpha value is -1.75. The molecule has 5 nitrogen and oxygen atoms in total. The highest BCUT2D eigenvalue weighted by Crippen LogP contribution is 2.27. The number of hydrogen-bond acceptors (Lipinski definition) is 5. The summed E-state index contributed by atoms with van der Waals surface area (Å²) in [7, 11) is 0. The molecule has 1 heterocycles. The van der Waals surface area contributed by atoms with E-state index in [4.69, 9.17) is 16.3 Å². The van der Waals surface area contributed by atoms with Gasteiger partial charge in [0, 0.05) is 11.4 Å². The summed E-state index contributed by atoms with van der Waals surface area (Å²) < 4.78 is 5.00. The highest BCUT2D eigenvalue weighted by atomic mass is 16.5. The number of carbonyl (C=O) groups is 1. The monoisotopic (exact) mass is 237 g/mol. The van der Waals surface area contributed by atoms with E-state index in [1.54, 1.807) is 26.8 Å². The largest absolute Gasteiger partial charge is 0.462 e. The molecule has 0 atom stereocenters. The third-order valence-corrected chi connectivity index (χ3v) is 2.61. The van der Waals surface area contributed by atoms with Crippen LogP contribution in [0.2, 0.25) is 0 Å². The molecule has 1 aliphatic heterocycles. The Morgan fingerprint density at radius 2 is 2.06 bits per heavy atom. The molecule has 1 rings (SSSR count). The Bertz CT molecular complexity index is 429. The Balaban J connectivity index is 3.22. The van der Waals surface area contributed by atoms with Crippen molar-refractivity contribution in [2.45, 2.75) is 27.7 Å². The maximum Gasteiger partial charge on any atom is 0.340 e. The van der Waals surface area contributed by atoms with E-state index >= 15 is 0 Å². The minimum absolute atomic E-state index is 0.339. The molecule has 0 aromatic carbocycles. The van der Waals surface area contributed by atoms with Crippen molar-refractivity contribution in [3.63, 3.8) is 0 Å². The molecule has 0 aromatic heterocycles. The first-order chi connectivity index (χ1) is 7.90. The lowest BCUT2D eigenvalue weighted by molar-refractivity contribution is -0.138. The maximum atomic E-state index is 11.8. The Labute approximate surface area is 101 Å². The van der Waals surface area contributed by atoms with Gasteiger partial charge in [-0.15, -0.1) is 0 Å². The van der Waals surface area contributed by atoms with Crippen LogP contribution in [0.5, 0.6) is 0 Å². The summed E-state index contributed by atoms with van der Waals surface area (Å²) in [6, 6.07) is 0. The molecule has 0 radical (unpaired) electrons. The first-order valence-corrected chi connectivity index (χ1v) is 5.48. The smallest absolute Gasteiger partial charge is 0.340 e. The van der Waals surface area contributed by atoms with Crippen LogP contribution in [0.1, 0.15) is 27.7 Å². The molecule has 0 bridgehead atoms. The van der Waals surface area contributed by atoms with Gasteiger partial charge in [-0.05, 0) is 39.3 Å². The molecule has 5 heteroatoms. The van der Waals surface area contributed by atoms with E-state index in [-0.39, 0.29) is 5.97 Å². The van der Waals surface area contributed by atoms with Crippen molar-refractivity contribution in [2.75, 3.05) is 6.61 Å². The van der Waals surface area contributed by atoms with Crippen molar-refractivity contribution in [3.05, 3.63) is 34.3 Å². The number of hydrogen-bond donors (Lipinski definition) is 2. The first-order valence-electron chi connectivity index (χ1n) is 5.48. The van der Waals surface area contributed by atoms with E-state index in [0.29, 0.717) is 29.3 Å². The molecule has 4 N–H and O–H groups in total. The molecule has 0 saturated heterocycles. The van der Waals surface area contributed by atoms with Gasteiger partial charge < -0.3 is 10.5 Å². The molecule has 94 valence electrons. The first kappa shape index (κ1) is 13.3. The van der Waals surface area contributed by atoms with Crippen molar-refractivity contribution in [3.8, 4) is 0 Å². The molecule has 0 aromatic rings. The normalized spacial score (nSPS) is 19.1. The molecule has 0 unspecified atom stereocenters. The average Bonchev–Trinajstić information content (AvgIpc) is 2.23. The minimum atomic E-state index is -0.358. The number of hydrazine groups is 1. The fraction of sp³-hybridized carbons (Fsp3) is 0.417. The van der Waals surface area contributed by atoms with Crippen molar-refractivity contribution in [2.24, 2.45) is 11.6 Å². The number of allylic oxidation sites excluding steroid dienone is 3. The maximum absolute atomic E-state index is 11.8. The summed E-state index contributed by atoms with van der Waals surface area (Å²) in [4.78, 5) is 11.8. The van der Waals surface area contributed by atoms with E-state index < -0.39 is 0 Å². The summed E-state index contributed by atoms with van der Waals surface area (Å²) in [5, 5.41) is 1.41. The highest BCUT2D eigenvalue weighted by molar-refractivity contribution is 5.94. The van der Waals surface area contributed by atoms with E-state index in [1.165, 1.54) is 5.01 Å². The lowest BCUT2D eigenvalue weighted by atomic mass is 10.00. The third-order valence-electron chi connectivity index (χ3n) is 2.61. The lowest BCUT2D eigenvalue weighted by Crippen LogP contribution is -2.34. The van der Waals surface area contributed by atoms with Gasteiger partial charge in [-0.3, -0.25) is 5.01 Å². The second-order valence-corrected chi connectivity index (χ2v) is 3.95. The van der Waals surface area contributed by atoms with E-state index in [0.717, 1.165) is 5.57 Å². The van der Waals surface area contributed by atoms with Crippen molar-refractivity contribution in [1.29, 1.82) is 0 Å². The van der Waals surface area contributed by atoms with Gasteiger partial charge in [0.15, 0.2) is 0 Å². The van der Waals surface area contributed by atoms with Crippen molar-refractivity contribution in [1.82, 2.24) is 5.01 Å². The van der Waals surface area contributed by atoms with Crippen molar-refractivity contribution < 1.29 is 9.53 Å². The molecule has 0 saturated carbocycles. The SMILES string of the molecule is CCOC(=O)C1=C(C)N(N)/C(=C(/C)N)C=C1C. The fourth-order valence-electron chi connectivity index (χ4n) is 1.75. The second-order valence-electron chi connectivity index (χ2n) is 3.95. The summed E-state index contributed by atoms with van der Waals surface area (Å²) >= 11 is 0. The zero-order valence-electron chi connectivity index (χ0n) is 10.7. The van der Waals surface area contributed by atoms with Crippen LogP contribution in [0.15, 0.2) is 34.3 Å². The topological polar surface area (TPSA) is 81.6 Å². The predicted octanol–water partition coefficient (Wildman–Crippen LogP) is 1.15. The van der Waals surface area contributed by atoms with Crippen LogP contribution in [-0.2, 0) is 9.53 Å². The highest BCUT2D eigenvalue weighted by Gasteiger charge is 2.25. The summed E-state index contributed by atoms with van der Waals surface area (Å²) in [5.74, 6) is 5.54. The van der Waals surface area contributed by atoms with Crippen LogP contribution in [0.25, 0.3) is 0 Å². The number of carbonyl (C=O) groups excluding carboxylic acids is 1. The van der Waals surface area contributed by atoms with Crippen molar-refractivity contribution >= 4 is 5.97 Å². The van der Waals surface area contributed by atoms with Gasteiger partial charge >= 0.3 is 5.97 Å². The Morgan fingerprint density at radius 1 is 1.47 bits per heavy atom. The Kier molecular flexibility index (Phi) is 3.96. The van der Waals surface area contributed by atoms with E-state index in [1.807, 2.05) is 6.92 Å². The van der Waals surface area contributed by atoms with Gasteiger partial charge in [-0.1, -0.05) is 0 Å². The van der Waals surface area contributed by atoms with Gasteiger partial charge in [-0.25, -0.2) is 10.6 Å². The molecule has 0 spiro atoms. The lowest BCUT2D eigenvalue weighted by Gasteiger charge is -2.28. The summed E-state index contributed by atoms with van der Waals surface area (Å²) in [5.41, 5.74) is 8.99. The zero-order valence-corrected chi connectivity index (χ0v) is 10.7. The number of esters is 1. The van der Waals surface area contributed by atoms with Crippen LogP contribution < -0.4 is 11.6 Å². The van der Waals surface area contributed by atoms with E-state index in [2.05, 4.69) is 0 Å². The quantitative estimate of drug-likeness (QED) is 0.556. The number of nitrogens with zero attached hydrogens (tertiary/aromatic N) is 1. The van der Waals surface area contributed by atoms with Gasteiger partial charge in [0.05, 0.1) is 17.9 Å². The molecule has 0 fully saturated rings. The van der Waals surface area contributed by atoms with Gasteiger partial charge in [0.25, 0.3) is 0 Å². The molecular formula is C12H19N3O2. The van der Waals surface area contributed by atoms with Gasteiger partial charge in [0.1, 0.15) is 0 Å².